The Morgan fingerprint density at radius 1 is 1.22 bits per heavy atom. The maximum Gasteiger partial charge on any atom is 0.263 e. The smallest absolute Gasteiger partial charge is 0.263 e. The van der Waals surface area contributed by atoms with Crippen molar-refractivity contribution in [2.75, 3.05) is 5.73 Å². The molecule has 0 unspecified atom stereocenters. The van der Waals surface area contributed by atoms with Gasteiger partial charge < -0.3 is 11.1 Å². The van der Waals surface area contributed by atoms with Crippen molar-refractivity contribution in [3.05, 3.63) is 33.6 Å². The predicted octanol–water partition coefficient (Wildman–Crippen LogP) is 5.40. The molecule has 3 aromatic heterocycles. The molecule has 0 saturated carbocycles. The molecule has 3 heterocycles. The Bertz CT molecular complexity index is 997. The molecule has 1 amide bonds. The predicted molar refractivity (Wildman–Crippen MR) is 116 cm³/mol. The van der Waals surface area contributed by atoms with Gasteiger partial charge in [0, 0.05) is 27.1 Å². The molecule has 3 aromatic rings. The van der Waals surface area contributed by atoms with E-state index in [1.54, 1.807) is 11.3 Å². The number of aryl methyl sites for hydroxylation is 1. The maximum absolute atomic E-state index is 12.8. The molecule has 1 aliphatic rings. The van der Waals surface area contributed by atoms with Crippen molar-refractivity contribution in [3.8, 4) is 10.4 Å². The van der Waals surface area contributed by atoms with Crippen molar-refractivity contribution in [2.45, 2.75) is 58.4 Å². The van der Waals surface area contributed by atoms with Crippen LogP contribution in [0.2, 0.25) is 0 Å². The first-order valence-corrected chi connectivity index (χ1v) is 11.1. The van der Waals surface area contributed by atoms with E-state index < -0.39 is 0 Å². The van der Waals surface area contributed by atoms with Gasteiger partial charge in [0.05, 0.1) is 5.69 Å². The van der Waals surface area contributed by atoms with Crippen molar-refractivity contribution in [1.82, 2.24) is 10.3 Å². The molecule has 0 fully saturated rings. The van der Waals surface area contributed by atoms with Gasteiger partial charge in [-0.3, -0.25) is 4.79 Å². The van der Waals surface area contributed by atoms with E-state index in [9.17, 15) is 4.79 Å². The third-order valence-electron chi connectivity index (χ3n) is 4.87. The van der Waals surface area contributed by atoms with E-state index in [4.69, 9.17) is 10.7 Å². The summed E-state index contributed by atoms with van der Waals surface area (Å²) in [5.41, 5.74) is 10.5. The first-order valence-electron chi connectivity index (χ1n) is 9.45. The van der Waals surface area contributed by atoms with Crippen LogP contribution in [0.25, 0.3) is 20.7 Å². The molecule has 3 N–H and O–H groups in total. The fraction of sp³-hybridized carbons (Fsp3) is 0.429. The number of rotatable bonds is 2. The van der Waals surface area contributed by atoms with Crippen LogP contribution >= 0.6 is 22.7 Å². The number of hydrogen-bond donors (Lipinski definition) is 2. The van der Waals surface area contributed by atoms with E-state index in [1.807, 2.05) is 20.8 Å². The van der Waals surface area contributed by atoms with Crippen LogP contribution in [0.3, 0.4) is 0 Å². The van der Waals surface area contributed by atoms with Gasteiger partial charge >= 0.3 is 0 Å². The number of carbonyl (C=O) groups excluding carboxylic acids is 1. The van der Waals surface area contributed by atoms with Crippen LogP contribution < -0.4 is 11.1 Å². The molecule has 0 bridgehead atoms. The number of nitrogens with two attached hydrogens (primary N) is 1. The van der Waals surface area contributed by atoms with E-state index in [1.165, 1.54) is 52.3 Å². The zero-order chi connectivity index (χ0) is 19.2. The second-order valence-corrected chi connectivity index (χ2v) is 10.1. The van der Waals surface area contributed by atoms with Crippen molar-refractivity contribution >= 4 is 44.5 Å². The zero-order valence-electron chi connectivity index (χ0n) is 16.0. The van der Waals surface area contributed by atoms with Gasteiger partial charge in [0.15, 0.2) is 0 Å². The lowest BCUT2D eigenvalue weighted by molar-refractivity contribution is 0.0924. The number of amides is 1. The van der Waals surface area contributed by atoms with Gasteiger partial charge in [-0.05, 0) is 63.5 Å². The number of pyridine rings is 1. The van der Waals surface area contributed by atoms with Crippen molar-refractivity contribution in [3.63, 3.8) is 0 Å². The molecule has 4 rings (SSSR count). The fourth-order valence-electron chi connectivity index (χ4n) is 3.74. The van der Waals surface area contributed by atoms with Gasteiger partial charge in [0.1, 0.15) is 9.71 Å². The lowest BCUT2D eigenvalue weighted by Gasteiger charge is -2.20. The number of nitrogens with zero attached hydrogens (tertiary/aromatic N) is 1. The van der Waals surface area contributed by atoms with E-state index in [2.05, 4.69) is 22.8 Å². The third-order valence-corrected chi connectivity index (χ3v) is 6.85. The second kappa shape index (κ2) is 6.91. The molecule has 6 heteroatoms. The number of anilines is 1. The molecule has 0 saturated heterocycles. The van der Waals surface area contributed by atoms with E-state index in [-0.39, 0.29) is 11.4 Å². The number of nitrogens with one attached hydrogen (secondary N) is 1. The van der Waals surface area contributed by atoms with Crippen LogP contribution in [-0.2, 0) is 12.8 Å². The highest BCUT2D eigenvalue weighted by atomic mass is 32.1. The Morgan fingerprint density at radius 2 is 2.00 bits per heavy atom. The lowest BCUT2D eigenvalue weighted by Crippen LogP contribution is -2.40. The highest BCUT2D eigenvalue weighted by molar-refractivity contribution is 7.21. The van der Waals surface area contributed by atoms with Gasteiger partial charge in [0.25, 0.3) is 5.91 Å². The Morgan fingerprint density at radius 3 is 2.70 bits per heavy atom. The zero-order valence-corrected chi connectivity index (χ0v) is 17.6. The van der Waals surface area contributed by atoms with Crippen LogP contribution in [0.4, 0.5) is 5.69 Å². The molecular weight excluding hydrogens is 374 g/mol. The molecule has 0 radical (unpaired) electrons. The molecule has 0 atom stereocenters. The van der Waals surface area contributed by atoms with Crippen LogP contribution in [0.5, 0.6) is 0 Å². The number of hydrogen-bond acceptors (Lipinski definition) is 5. The van der Waals surface area contributed by atoms with Gasteiger partial charge in [0.2, 0.25) is 0 Å². The quantitative estimate of drug-likeness (QED) is 0.567. The highest BCUT2D eigenvalue weighted by Gasteiger charge is 2.27. The minimum absolute atomic E-state index is 0.115. The molecule has 0 aromatic carbocycles. The van der Waals surface area contributed by atoms with Gasteiger partial charge in [-0.1, -0.05) is 12.5 Å². The summed E-state index contributed by atoms with van der Waals surface area (Å²) in [6.07, 6.45) is 5.63. The lowest BCUT2D eigenvalue weighted by atomic mass is 9.97. The third kappa shape index (κ3) is 3.48. The first-order chi connectivity index (χ1) is 12.8. The van der Waals surface area contributed by atoms with Crippen LogP contribution in [-0.4, -0.2) is 16.4 Å². The van der Waals surface area contributed by atoms with E-state index in [0.29, 0.717) is 10.6 Å². The Labute approximate surface area is 167 Å². The Kier molecular flexibility index (Phi) is 4.72. The summed E-state index contributed by atoms with van der Waals surface area (Å²) in [7, 11) is 0. The number of nitrogen functional groups attached to an aromatic ring is 1. The minimum atomic E-state index is -0.305. The molecule has 4 nitrogen and oxygen atoms in total. The van der Waals surface area contributed by atoms with Gasteiger partial charge in [-0.15, -0.1) is 22.7 Å². The van der Waals surface area contributed by atoms with Crippen molar-refractivity contribution in [1.29, 1.82) is 0 Å². The van der Waals surface area contributed by atoms with Crippen LogP contribution in [0, 0.1) is 0 Å². The summed E-state index contributed by atoms with van der Waals surface area (Å²) in [5.74, 6) is -0.115. The summed E-state index contributed by atoms with van der Waals surface area (Å²) in [5, 5.41) is 6.10. The van der Waals surface area contributed by atoms with Crippen LogP contribution in [0.1, 0.15) is 61.0 Å². The monoisotopic (exact) mass is 399 g/mol. The molecule has 27 heavy (non-hydrogen) atoms. The summed E-state index contributed by atoms with van der Waals surface area (Å²) in [6, 6.07) is 4.22. The Hall–Kier alpha value is -1.92. The topological polar surface area (TPSA) is 68.0 Å². The van der Waals surface area contributed by atoms with Gasteiger partial charge in [-0.2, -0.15) is 0 Å². The van der Waals surface area contributed by atoms with Crippen LogP contribution in [0.15, 0.2) is 17.5 Å². The molecule has 1 aliphatic carbocycles. The fourth-order valence-corrected chi connectivity index (χ4v) is 5.57. The molecule has 0 spiro atoms. The molecule has 142 valence electrons. The average molecular weight is 400 g/mol. The summed E-state index contributed by atoms with van der Waals surface area (Å²) >= 11 is 3.15. The SMILES string of the molecule is CC(C)(C)NC(=O)c1sc2nc3c(c(-c4cccs4)c2c1N)CCCCC3. The summed E-state index contributed by atoms with van der Waals surface area (Å²) < 4.78 is 0. The highest BCUT2D eigenvalue weighted by Crippen LogP contribution is 2.44. The average Bonchev–Trinajstić information content (AvgIpc) is 3.15. The van der Waals surface area contributed by atoms with E-state index in [0.717, 1.165) is 23.1 Å². The standard InChI is InChI=1S/C21H25N3OS2/c1-21(2,3)24-19(25)18-17(22)16-15(14-10-7-11-26-14)12-8-5-4-6-9-13(12)23-20(16)27-18/h7,10-11H,4-6,8-9,22H2,1-3H3,(H,24,25). The van der Waals surface area contributed by atoms with E-state index >= 15 is 0 Å². The number of carbonyl (C=O) groups is 1. The molecular formula is C21H25N3OS2. The first kappa shape index (κ1) is 18.4. The number of aromatic nitrogens is 1. The number of thiophene rings is 2. The summed E-state index contributed by atoms with van der Waals surface area (Å²) in [4.78, 5) is 20.5. The van der Waals surface area contributed by atoms with Crippen molar-refractivity contribution < 1.29 is 4.79 Å². The Balaban J connectivity index is 1.96. The normalized spacial score (nSPS) is 14.8. The molecule has 0 aliphatic heterocycles. The number of fused-ring (bicyclic) bond motifs is 2. The maximum atomic E-state index is 12.8. The minimum Gasteiger partial charge on any atom is -0.397 e. The summed E-state index contributed by atoms with van der Waals surface area (Å²) in [6.45, 7) is 5.93. The van der Waals surface area contributed by atoms with Crippen molar-refractivity contribution in [2.24, 2.45) is 0 Å². The second-order valence-electron chi connectivity index (χ2n) is 8.18. The largest absolute Gasteiger partial charge is 0.397 e. The van der Waals surface area contributed by atoms with Gasteiger partial charge in [-0.25, -0.2) is 4.98 Å².